The zero-order valence-corrected chi connectivity index (χ0v) is 14.4. The van der Waals surface area contributed by atoms with Crippen molar-refractivity contribution < 1.29 is 14.3 Å². The van der Waals surface area contributed by atoms with Crippen molar-refractivity contribution in [3.8, 4) is 11.5 Å². The van der Waals surface area contributed by atoms with Crippen LogP contribution in [0.5, 0.6) is 11.5 Å². The number of methoxy groups -OCH3 is 1. The Morgan fingerprint density at radius 3 is 2.33 bits per heavy atom. The third kappa shape index (κ3) is 6.48. The molecule has 2 aromatic carbocycles. The Balaban J connectivity index is 0.00000288. The second-order valence-corrected chi connectivity index (χ2v) is 5.11. The molecule has 5 nitrogen and oxygen atoms in total. The van der Waals surface area contributed by atoms with Crippen molar-refractivity contribution in [3.63, 3.8) is 0 Å². The second kappa shape index (κ2) is 10.5. The van der Waals surface area contributed by atoms with Gasteiger partial charge in [-0.15, -0.1) is 12.4 Å². The predicted molar refractivity (Wildman–Crippen MR) is 96.9 cm³/mol. The highest BCUT2D eigenvalue weighted by Crippen LogP contribution is 2.16. The maximum atomic E-state index is 11.9. The minimum Gasteiger partial charge on any atom is -0.497 e. The van der Waals surface area contributed by atoms with Crippen LogP contribution < -0.4 is 20.5 Å². The van der Waals surface area contributed by atoms with Gasteiger partial charge in [0.1, 0.15) is 18.1 Å². The first-order chi connectivity index (χ1) is 11.2. The summed E-state index contributed by atoms with van der Waals surface area (Å²) < 4.78 is 10.6. The lowest BCUT2D eigenvalue weighted by Gasteiger charge is -2.13. The molecule has 0 saturated carbocycles. The summed E-state index contributed by atoms with van der Waals surface area (Å²) in [4.78, 5) is 11.9. The summed E-state index contributed by atoms with van der Waals surface area (Å²) in [5, 5.41) is 2.78. The molecule has 0 aliphatic carbocycles. The van der Waals surface area contributed by atoms with E-state index < -0.39 is 6.04 Å². The first-order valence-electron chi connectivity index (χ1n) is 7.53. The molecule has 2 rings (SSSR count). The summed E-state index contributed by atoms with van der Waals surface area (Å²) in [5.74, 6) is 1.33. The van der Waals surface area contributed by atoms with Crippen molar-refractivity contribution in [3.05, 3.63) is 60.2 Å². The first kappa shape index (κ1) is 19.8. The van der Waals surface area contributed by atoms with Gasteiger partial charge in [-0.25, -0.2) is 0 Å². The molecule has 0 bridgehead atoms. The third-order valence-electron chi connectivity index (χ3n) is 3.36. The number of halogens is 1. The number of hydrogen-bond acceptors (Lipinski definition) is 4. The van der Waals surface area contributed by atoms with Crippen LogP contribution in [0.25, 0.3) is 0 Å². The number of rotatable bonds is 8. The number of carbonyl (C=O) groups is 1. The van der Waals surface area contributed by atoms with Crippen LogP contribution in [0.3, 0.4) is 0 Å². The van der Waals surface area contributed by atoms with E-state index in [9.17, 15) is 4.79 Å². The van der Waals surface area contributed by atoms with E-state index >= 15 is 0 Å². The van der Waals surface area contributed by atoms with E-state index in [1.54, 1.807) is 7.11 Å². The molecule has 6 heteroatoms. The summed E-state index contributed by atoms with van der Waals surface area (Å²) in [5.41, 5.74) is 6.95. The van der Waals surface area contributed by atoms with Crippen LogP contribution in [0.4, 0.5) is 0 Å². The lowest BCUT2D eigenvalue weighted by atomic mass is 10.1. The Morgan fingerprint density at radius 2 is 1.71 bits per heavy atom. The van der Waals surface area contributed by atoms with E-state index in [0.29, 0.717) is 19.6 Å². The fourth-order valence-electron chi connectivity index (χ4n) is 2.11. The number of nitrogens with one attached hydrogen (secondary N) is 1. The number of nitrogens with two attached hydrogens (primary N) is 1. The van der Waals surface area contributed by atoms with E-state index in [2.05, 4.69) is 5.32 Å². The van der Waals surface area contributed by atoms with Gasteiger partial charge in [0, 0.05) is 0 Å². The quantitative estimate of drug-likeness (QED) is 0.716. The molecule has 0 aliphatic heterocycles. The molecule has 1 amide bonds. The van der Waals surface area contributed by atoms with Crippen molar-refractivity contribution in [2.45, 2.75) is 12.5 Å². The molecule has 1 atom stereocenters. The maximum Gasteiger partial charge on any atom is 0.237 e. The predicted octanol–water partition coefficient (Wildman–Crippen LogP) is 2.18. The van der Waals surface area contributed by atoms with Crippen LogP contribution in [0.1, 0.15) is 5.56 Å². The van der Waals surface area contributed by atoms with E-state index in [-0.39, 0.29) is 18.3 Å². The van der Waals surface area contributed by atoms with Gasteiger partial charge in [-0.05, 0) is 36.2 Å². The second-order valence-electron chi connectivity index (χ2n) is 5.11. The van der Waals surface area contributed by atoms with Crippen molar-refractivity contribution >= 4 is 18.3 Å². The van der Waals surface area contributed by atoms with Gasteiger partial charge >= 0.3 is 0 Å². The summed E-state index contributed by atoms with van der Waals surface area (Å²) >= 11 is 0. The summed E-state index contributed by atoms with van der Waals surface area (Å²) in [6, 6.07) is 16.5. The molecule has 24 heavy (non-hydrogen) atoms. The molecule has 0 heterocycles. The first-order valence-corrected chi connectivity index (χ1v) is 7.53. The average Bonchev–Trinajstić information content (AvgIpc) is 2.60. The molecule has 2 aromatic rings. The van der Waals surface area contributed by atoms with Gasteiger partial charge in [-0.1, -0.05) is 30.3 Å². The Bertz CT molecular complexity index is 605. The molecule has 130 valence electrons. The van der Waals surface area contributed by atoms with Crippen molar-refractivity contribution in [1.82, 2.24) is 5.32 Å². The van der Waals surface area contributed by atoms with E-state index in [0.717, 1.165) is 17.1 Å². The fourth-order valence-corrected chi connectivity index (χ4v) is 2.11. The molecular formula is C18H23ClN2O3. The Hall–Kier alpha value is -2.24. The van der Waals surface area contributed by atoms with Gasteiger partial charge < -0.3 is 20.5 Å². The van der Waals surface area contributed by atoms with Crippen LogP contribution in [-0.2, 0) is 11.2 Å². The van der Waals surface area contributed by atoms with Crippen molar-refractivity contribution in [1.29, 1.82) is 0 Å². The molecule has 0 radical (unpaired) electrons. The van der Waals surface area contributed by atoms with E-state index in [1.807, 2.05) is 54.6 Å². The van der Waals surface area contributed by atoms with Gasteiger partial charge in [-0.3, -0.25) is 4.79 Å². The maximum absolute atomic E-state index is 11.9. The molecular weight excluding hydrogens is 328 g/mol. The lowest BCUT2D eigenvalue weighted by Crippen LogP contribution is -2.43. The fraction of sp³-hybridized carbons (Fsp3) is 0.278. The van der Waals surface area contributed by atoms with Gasteiger partial charge in [-0.2, -0.15) is 0 Å². The third-order valence-corrected chi connectivity index (χ3v) is 3.36. The van der Waals surface area contributed by atoms with Gasteiger partial charge in [0.05, 0.1) is 19.7 Å². The van der Waals surface area contributed by atoms with E-state index in [1.165, 1.54) is 0 Å². The highest BCUT2D eigenvalue weighted by Gasteiger charge is 2.13. The summed E-state index contributed by atoms with van der Waals surface area (Å²) in [6.45, 7) is 0.795. The molecule has 0 fully saturated rings. The summed E-state index contributed by atoms with van der Waals surface area (Å²) in [6.07, 6.45) is 0.520. The minimum atomic E-state index is -0.557. The smallest absolute Gasteiger partial charge is 0.237 e. The zero-order chi connectivity index (χ0) is 16.5. The Labute approximate surface area is 148 Å². The van der Waals surface area contributed by atoms with Crippen LogP contribution in [-0.4, -0.2) is 32.2 Å². The number of carbonyl (C=O) groups excluding carboxylic acids is 1. The zero-order valence-electron chi connectivity index (χ0n) is 13.6. The number of amides is 1. The highest BCUT2D eigenvalue weighted by molar-refractivity contribution is 5.85. The number of ether oxygens (including phenoxy) is 2. The van der Waals surface area contributed by atoms with Crippen molar-refractivity contribution in [2.24, 2.45) is 5.73 Å². The van der Waals surface area contributed by atoms with Crippen LogP contribution in [0.15, 0.2) is 54.6 Å². The average molecular weight is 351 g/mol. The largest absolute Gasteiger partial charge is 0.497 e. The monoisotopic (exact) mass is 350 g/mol. The van der Waals surface area contributed by atoms with Gasteiger partial charge in [0.25, 0.3) is 0 Å². The van der Waals surface area contributed by atoms with Crippen LogP contribution in [0.2, 0.25) is 0 Å². The molecule has 0 spiro atoms. The molecule has 0 unspecified atom stereocenters. The van der Waals surface area contributed by atoms with Gasteiger partial charge in [0.15, 0.2) is 0 Å². The summed E-state index contributed by atoms with van der Waals surface area (Å²) in [7, 11) is 1.62. The molecule has 0 aliphatic rings. The van der Waals surface area contributed by atoms with Crippen molar-refractivity contribution in [2.75, 3.05) is 20.3 Å². The molecule has 0 aromatic heterocycles. The standard InChI is InChI=1S/C18H22N2O3.ClH/c1-22-15-7-9-16(10-8-15)23-12-11-20-18(21)17(19)13-14-5-3-2-4-6-14;/h2-10,17H,11-13,19H2,1H3,(H,20,21);1H/t17-;/m0./s1. The van der Waals surface area contributed by atoms with Crippen LogP contribution in [0, 0.1) is 0 Å². The topological polar surface area (TPSA) is 73.6 Å². The minimum absolute atomic E-state index is 0. The lowest BCUT2D eigenvalue weighted by molar-refractivity contribution is -0.122. The number of benzene rings is 2. The van der Waals surface area contributed by atoms with Crippen LogP contribution >= 0.6 is 12.4 Å². The van der Waals surface area contributed by atoms with Gasteiger partial charge in [0.2, 0.25) is 5.91 Å². The molecule has 3 N–H and O–H groups in total. The normalized spacial score (nSPS) is 11.1. The Kier molecular flexibility index (Phi) is 8.68. The Morgan fingerprint density at radius 1 is 1.08 bits per heavy atom. The SMILES string of the molecule is COc1ccc(OCCNC(=O)[C@@H](N)Cc2ccccc2)cc1.Cl. The molecule has 0 saturated heterocycles. The number of hydrogen-bond donors (Lipinski definition) is 2. The van der Waals surface area contributed by atoms with E-state index in [4.69, 9.17) is 15.2 Å². The highest BCUT2D eigenvalue weighted by atomic mass is 35.5.